The van der Waals surface area contributed by atoms with Gasteiger partial charge in [-0.2, -0.15) is 9.29 Å². The molecular formula is C24H26N4O4S. The van der Waals surface area contributed by atoms with Gasteiger partial charge >= 0.3 is 0 Å². The summed E-state index contributed by atoms with van der Waals surface area (Å²) < 4.78 is 32.5. The second-order valence-corrected chi connectivity index (χ2v) is 10.5. The van der Waals surface area contributed by atoms with E-state index in [2.05, 4.69) is 10.1 Å². The fourth-order valence-electron chi connectivity index (χ4n) is 4.50. The number of aromatic nitrogens is 2. The van der Waals surface area contributed by atoms with Gasteiger partial charge in [-0.05, 0) is 62.1 Å². The predicted octanol–water partition coefficient (Wildman–Crippen LogP) is 3.54. The van der Waals surface area contributed by atoms with Gasteiger partial charge in [-0.25, -0.2) is 8.42 Å². The van der Waals surface area contributed by atoms with Crippen LogP contribution < -0.4 is 0 Å². The monoisotopic (exact) mass is 466 g/mol. The Bertz CT molecular complexity index is 1220. The summed E-state index contributed by atoms with van der Waals surface area (Å²) >= 11 is 0. The Hall–Kier alpha value is -3.04. The van der Waals surface area contributed by atoms with E-state index in [4.69, 9.17) is 4.52 Å². The van der Waals surface area contributed by atoms with Crippen molar-refractivity contribution in [1.29, 1.82) is 0 Å². The molecule has 0 aliphatic carbocycles. The minimum atomic E-state index is -3.46. The molecule has 0 bridgehead atoms. The molecule has 1 amide bonds. The normalized spacial score (nSPS) is 19.6. The summed E-state index contributed by atoms with van der Waals surface area (Å²) in [7, 11) is -3.46. The Morgan fingerprint density at radius 2 is 1.67 bits per heavy atom. The van der Waals surface area contributed by atoms with E-state index in [1.54, 1.807) is 24.3 Å². The van der Waals surface area contributed by atoms with Crippen molar-refractivity contribution in [2.75, 3.05) is 26.2 Å². The molecule has 0 unspecified atom stereocenters. The van der Waals surface area contributed by atoms with Crippen LogP contribution in [0, 0.1) is 0 Å². The minimum absolute atomic E-state index is 0.00911. The molecular weight excluding hydrogens is 440 g/mol. The average Bonchev–Trinajstić information content (AvgIpc) is 3.58. The molecule has 0 N–H and O–H groups in total. The smallest absolute Gasteiger partial charge is 0.253 e. The Kier molecular flexibility index (Phi) is 5.99. The van der Waals surface area contributed by atoms with E-state index in [1.165, 1.54) is 4.31 Å². The first-order valence-corrected chi connectivity index (χ1v) is 12.7. The number of nitrogens with zero attached hydrogens (tertiary/aromatic N) is 4. The van der Waals surface area contributed by atoms with E-state index in [9.17, 15) is 13.2 Å². The van der Waals surface area contributed by atoms with Crippen molar-refractivity contribution in [3.63, 3.8) is 0 Å². The van der Waals surface area contributed by atoms with Crippen LogP contribution in [0.1, 0.15) is 47.8 Å². The van der Waals surface area contributed by atoms with Gasteiger partial charge in [-0.1, -0.05) is 23.4 Å². The third kappa shape index (κ3) is 4.43. The fourth-order valence-corrected chi connectivity index (χ4v) is 6.02. The molecule has 2 aromatic carbocycles. The topological polar surface area (TPSA) is 96.6 Å². The van der Waals surface area contributed by atoms with Gasteiger partial charge in [0.25, 0.3) is 5.91 Å². The first-order valence-electron chi connectivity index (χ1n) is 11.3. The lowest BCUT2D eigenvalue weighted by atomic mass is 9.97. The van der Waals surface area contributed by atoms with Crippen LogP contribution in [-0.4, -0.2) is 59.8 Å². The Labute approximate surface area is 193 Å². The lowest BCUT2D eigenvalue weighted by Gasteiger charge is -2.31. The third-order valence-electron chi connectivity index (χ3n) is 6.34. The van der Waals surface area contributed by atoms with Crippen LogP contribution >= 0.6 is 0 Å². The summed E-state index contributed by atoms with van der Waals surface area (Å²) in [6.45, 7) is 2.38. The molecule has 0 saturated carbocycles. The van der Waals surface area contributed by atoms with Crippen molar-refractivity contribution in [1.82, 2.24) is 19.3 Å². The standard InChI is InChI=1S/C24H26N4O4S/c29-24(19-7-2-1-3-8-19)27-14-6-9-20(17-27)23-25-22(26-32-23)18-10-12-21(13-11-18)33(30,31)28-15-4-5-16-28/h1-3,7-8,10-13,20H,4-6,9,14-17H2/t20-/m1/s1. The fraction of sp³-hybridized carbons (Fsp3) is 0.375. The zero-order valence-corrected chi connectivity index (χ0v) is 19.1. The van der Waals surface area contributed by atoms with Gasteiger partial charge in [0.1, 0.15) is 0 Å². The zero-order chi connectivity index (χ0) is 22.8. The van der Waals surface area contributed by atoms with E-state index < -0.39 is 10.0 Å². The molecule has 172 valence electrons. The van der Waals surface area contributed by atoms with Crippen molar-refractivity contribution in [2.24, 2.45) is 0 Å². The first kappa shape index (κ1) is 21.8. The number of rotatable bonds is 5. The zero-order valence-electron chi connectivity index (χ0n) is 18.3. The molecule has 3 heterocycles. The van der Waals surface area contributed by atoms with Gasteiger partial charge in [0.05, 0.1) is 10.8 Å². The predicted molar refractivity (Wildman–Crippen MR) is 122 cm³/mol. The van der Waals surface area contributed by atoms with E-state index in [-0.39, 0.29) is 16.7 Å². The molecule has 33 heavy (non-hydrogen) atoms. The number of benzene rings is 2. The first-order chi connectivity index (χ1) is 16.0. The van der Waals surface area contributed by atoms with Gasteiger partial charge in [-0.15, -0.1) is 0 Å². The van der Waals surface area contributed by atoms with Crippen molar-refractivity contribution in [2.45, 2.75) is 36.5 Å². The second kappa shape index (κ2) is 9.07. The number of amides is 1. The number of carbonyl (C=O) groups is 1. The summed E-state index contributed by atoms with van der Waals surface area (Å²) in [4.78, 5) is 19.5. The highest BCUT2D eigenvalue weighted by molar-refractivity contribution is 7.89. The van der Waals surface area contributed by atoms with E-state index in [0.717, 1.165) is 25.7 Å². The number of sulfonamides is 1. The summed E-state index contributed by atoms with van der Waals surface area (Å²) in [5, 5.41) is 4.11. The summed E-state index contributed by atoms with van der Waals surface area (Å²) in [6, 6.07) is 15.9. The molecule has 3 aromatic rings. The van der Waals surface area contributed by atoms with Crippen LogP contribution in [-0.2, 0) is 10.0 Å². The highest BCUT2D eigenvalue weighted by atomic mass is 32.2. The summed E-state index contributed by atoms with van der Waals surface area (Å²) in [6.07, 6.45) is 3.54. The Balaban J connectivity index is 1.29. The molecule has 2 saturated heterocycles. The van der Waals surface area contributed by atoms with Crippen LogP contribution in [0.2, 0.25) is 0 Å². The van der Waals surface area contributed by atoms with Gasteiger partial charge in [0.15, 0.2) is 0 Å². The van der Waals surface area contributed by atoms with Gasteiger partial charge in [-0.3, -0.25) is 4.79 Å². The molecule has 5 rings (SSSR count). The van der Waals surface area contributed by atoms with Crippen LogP contribution in [0.15, 0.2) is 64.0 Å². The SMILES string of the molecule is O=C(c1ccccc1)N1CCC[C@@H](c2nc(-c3ccc(S(=O)(=O)N4CCCC4)cc3)no2)C1. The molecule has 0 radical (unpaired) electrons. The Morgan fingerprint density at radius 3 is 2.39 bits per heavy atom. The van der Waals surface area contributed by atoms with Crippen molar-refractivity contribution >= 4 is 15.9 Å². The second-order valence-electron chi connectivity index (χ2n) is 8.55. The quantitative estimate of drug-likeness (QED) is 0.571. The lowest BCUT2D eigenvalue weighted by molar-refractivity contribution is 0.0695. The van der Waals surface area contributed by atoms with E-state index >= 15 is 0 Å². The Morgan fingerprint density at radius 1 is 0.939 bits per heavy atom. The van der Waals surface area contributed by atoms with Crippen molar-refractivity contribution < 1.29 is 17.7 Å². The molecule has 1 aromatic heterocycles. The van der Waals surface area contributed by atoms with E-state index in [0.29, 0.717) is 49.0 Å². The molecule has 2 aliphatic rings. The highest BCUT2D eigenvalue weighted by Crippen LogP contribution is 2.29. The minimum Gasteiger partial charge on any atom is -0.339 e. The maximum atomic E-state index is 12.8. The molecule has 9 heteroatoms. The van der Waals surface area contributed by atoms with Crippen molar-refractivity contribution in [3.8, 4) is 11.4 Å². The van der Waals surface area contributed by atoms with Gasteiger partial charge in [0.2, 0.25) is 21.7 Å². The van der Waals surface area contributed by atoms with Crippen LogP contribution in [0.4, 0.5) is 0 Å². The third-order valence-corrected chi connectivity index (χ3v) is 8.25. The molecule has 1 atom stereocenters. The number of piperidine rings is 1. The summed E-state index contributed by atoms with van der Waals surface area (Å²) in [5.74, 6) is 0.906. The maximum absolute atomic E-state index is 12.8. The molecule has 8 nitrogen and oxygen atoms in total. The number of hydrogen-bond acceptors (Lipinski definition) is 6. The van der Waals surface area contributed by atoms with Gasteiger partial charge in [0, 0.05) is 37.3 Å². The van der Waals surface area contributed by atoms with E-state index in [1.807, 2.05) is 35.2 Å². The molecule has 2 aliphatic heterocycles. The largest absolute Gasteiger partial charge is 0.339 e. The van der Waals surface area contributed by atoms with Crippen LogP contribution in [0.3, 0.4) is 0 Å². The maximum Gasteiger partial charge on any atom is 0.253 e. The van der Waals surface area contributed by atoms with Crippen LogP contribution in [0.5, 0.6) is 0 Å². The number of carbonyl (C=O) groups excluding carboxylic acids is 1. The molecule has 0 spiro atoms. The highest BCUT2D eigenvalue weighted by Gasteiger charge is 2.30. The summed E-state index contributed by atoms with van der Waals surface area (Å²) in [5.41, 5.74) is 1.37. The van der Waals surface area contributed by atoms with Crippen LogP contribution in [0.25, 0.3) is 11.4 Å². The lowest BCUT2D eigenvalue weighted by Crippen LogP contribution is -2.39. The van der Waals surface area contributed by atoms with Crippen molar-refractivity contribution in [3.05, 3.63) is 66.1 Å². The average molecular weight is 467 g/mol. The number of likely N-dealkylation sites (tertiary alicyclic amines) is 1. The van der Waals surface area contributed by atoms with Gasteiger partial charge < -0.3 is 9.42 Å². The number of hydrogen-bond donors (Lipinski definition) is 0. The molecule has 2 fully saturated rings.